The molecule has 0 aliphatic rings. The van der Waals surface area contributed by atoms with Crippen LogP contribution in [0.15, 0.2) is 109 Å². The average molecular weight is 601 g/mol. The van der Waals surface area contributed by atoms with Crippen molar-refractivity contribution >= 4 is 0 Å². The first kappa shape index (κ1) is 33.3. The third kappa shape index (κ3) is 9.21. The summed E-state index contributed by atoms with van der Waals surface area (Å²) in [6.45, 7) is 8.75. The second-order valence-corrected chi connectivity index (χ2v) is 12.3. The molecule has 45 heavy (non-hydrogen) atoms. The summed E-state index contributed by atoms with van der Waals surface area (Å²) in [4.78, 5) is 0. The summed E-state index contributed by atoms with van der Waals surface area (Å²) in [6.07, 6.45) is 2.74. The Morgan fingerprint density at radius 2 is 0.867 bits per heavy atom. The molecule has 0 heterocycles. The Bertz CT molecular complexity index is 1420. The van der Waals surface area contributed by atoms with E-state index in [1.807, 2.05) is 98.8 Å². The molecule has 0 N–H and O–H groups in total. The van der Waals surface area contributed by atoms with E-state index in [2.05, 4.69) is 50.3 Å². The maximum absolute atomic E-state index is 9.65. The number of hydrogen-bond donors (Lipinski definition) is 0. The number of rotatable bonds is 16. The Hall–Kier alpha value is -4.58. The van der Waals surface area contributed by atoms with Crippen LogP contribution in [0.5, 0.6) is 11.5 Å². The molecule has 4 aromatic rings. The van der Waals surface area contributed by atoms with Crippen molar-refractivity contribution in [3.05, 3.63) is 131 Å². The van der Waals surface area contributed by atoms with Gasteiger partial charge in [-0.25, -0.2) is 0 Å². The van der Waals surface area contributed by atoms with E-state index in [1.54, 1.807) is 0 Å². The number of nitrogens with zero attached hydrogens (tertiary/aromatic N) is 2. The minimum Gasteiger partial charge on any atom is -0.492 e. The predicted octanol–water partition coefficient (Wildman–Crippen LogP) is 10.00. The predicted molar refractivity (Wildman–Crippen MR) is 179 cm³/mol. The van der Waals surface area contributed by atoms with E-state index in [4.69, 9.17) is 14.2 Å². The lowest BCUT2D eigenvalue weighted by Crippen LogP contribution is -2.23. The first-order valence-corrected chi connectivity index (χ1v) is 15.9. The van der Waals surface area contributed by atoms with Crippen molar-refractivity contribution in [2.24, 2.45) is 10.8 Å². The van der Waals surface area contributed by atoms with E-state index in [-0.39, 0.29) is 12.2 Å². The average Bonchev–Trinajstić information content (AvgIpc) is 3.09. The van der Waals surface area contributed by atoms with Gasteiger partial charge in [0.15, 0.2) is 0 Å². The highest BCUT2D eigenvalue weighted by Gasteiger charge is 2.26. The third-order valence-corrected chi connectivity index (χ3v) is 8.10. The van der Waals surface area contributed by atoms with Gasteiger partial charge in [-0.05, 0) is 73.2 Å². The number of ether oxygens (including phenoxy) is 3. The molecule has 0 aliphatic carbocycles. The van der Waals surface area contributed by atoms with Gasteiger partial charge in [0.1, 0.15) is 36.9 Å². The van der Waals surface area contributed by atoms with Crippen molar-refractivity contribution in [1.29, 1.82) is 10.5 Å². The largest absolute Gasteiger partial charge is 0.492 e. The minimum atomic E-state index is -0.516. The molecule has 4 rings (SSSR count). The first-order valence-electron chi connectivity index (χ1n) is 15.9. The molecule has 0 saturated heterocycles. The second-order valence-electron chi connectivity index (χ2n) is 12.3. The maximum Gasteiger partial charge on any atom is 0.119 e. The third-order valence-electron chi connectivity index (χ3n) is 8.10. The molecule has 0 amide bonds. The fraction of sp³-hybridized carbons (Fsp3) is 0.350. The topological polar surface area (TPSA) is 75.3 Å². The van der Waals surface area contributed by atoms with Gasteiger partial charge in [-0.15, -0.1) is 0 Å². The number of hydrogen-bond acceptors (Lipinski definition) is 5. The second kappa shape index (κ2) is 15.9. The Morgan fingerprint density at radius 3 is 1.18 bits per heavy atom. The molecule has 0 saturated carbocycles. The molecule has 0 spiro atoms. The molecule has 5 heteroatoms. The summed E-state index contributed by atoms with van der Waals surface area (Å²) in [7, 11) is 0. The van der Waals surface area contributed by atoms with Crippen LogP contribution in [-0.2, 0) is 4.74 Å². The van der Waals surface area contributed by atoms with Gasteiger partial charge >= 0.3 is 0 Å². The Kier molecular flexibility index (Phi) is 11.8. The zero-order valence-corrected chi connectivity index (χ0v) is 26.9. The van der Waals surface area contributed by atoms with E-state index in [0.717, 1.165) is 59.4 Å². The number of benzene rings is 4. The van der Waals surface area contributed by atoms with Crippen LogP contribution in [-0.4, -0.2) is 13.2 Å². The van der Waals surface area contributed by atoms with Gasteiger partial charge in [-0.2, -0.15) is 10.5 Å². The molecule has 232 valence electrons. The van der Waals surface area contributed by atoms with Crippen LogP contribution < -0.4 is 9.47 Å². The molecule has 0 radical (unpaired) electrons. The van der Waals surface area contributed by atoms with Gasteiger partial charge in [0, 0.05) is 0 Å². The van der Waals surface area contributed by atoms with Crippen LogP contribution >= 0.6 is 0 Å². The molecule has 0 aromatic heterocycles. The molecular weight excluding hydrogens is 556 g/mol. The van der Waals surface area contributed by atoms with Crippen molar-refractivity contribution < 1.29 is 14.2 Å². The normalized spacial score (nSPS) is 15.0. The van der Waals surface area contributed by atoms with Crippen molar-refractivity contribution in [3.8, 4) is 23.6 Å². The summed E-state index contributed by atoms with van der Waals surface area (Å²) in [5.74, 6) is 1.45. The summed E-state index contributed by atoms with van der Waals surface area (Å²) >= 11 is 0. The van der Waals surface area contributed by atoms with Gasteiger partial charge in [-0.3, -0.25) is 0 Å². The summed E-state index contributed by atoms with van der Waals surface area (Å²) in [5.41, 5.74) is 3.04. The van der Waals surface area contributed by atoms with Crippen LogP contribution in [0.25, 0.3) is 0 Å². The monoisotopic (exact) mass is 600 g/mol. The fourth-order valence-corrected chi connectivity index (χ4v) is 5.48. The van der Waals surface area contributed by atoms with E-state index < -0.39 is 10.8 Å². The Morgan fingerprint density at radius 1 is 0.533 bits per heavy atom. The lowest BCUT2D eigenvalue weighted by molar-refractivity contribution is 0.0308. The van der Waals surface area contributed by atoms with Crippen LogP contribution in [0, 0.1) is 33.5 Å². The van der Waals surface area contributed by atoms with Gasteiger partial charge in [0.25, 0.3) is 0 Å². The maximum atomic E-state index is 9.65. The molecule has 0 bridgehead atoms. The zero-order valence-electron chi connectivity index (χ0n) is 26.9. The highest BCUT2D eigenvalue weighted by Crippen LogP contribution is 2.37. The van der Waals surface area contributed by atoms with E-state index in [1.165, 1.54) is 0 Å². The van der Waals surface area contributed by atoms with Crippen molar-refractivity contribution in [2.45, 2.75) is 65.6 Å². The summed E-state index contributed by atoms with van der Waals surface area (Å²) in [5, 5.41) is 19.3. The number of nitriles is 2. The molecule has 5 nitrogen and oxygen atoms in total. The van der Waals surface area contributed by atoms with Gasteiger partial charge < -0.3 is 14.2 Å². The first-order chi connectivity index (χ1) is 21.8. The van der Waals surface area contributed by atoms with Crippen LogP contribution in [0.4, 0.5) is 0 Å². The molecule has 0 aliphatic heterocycles. The molecule has 0 fully saturated rings. The van der Waals surface area contributed by atoms with Crippen molar-refractivity contribution in [2.75, 3.05) is 13.2 Å². The van der Waals surface area contributed by atoms with Gasteiger partial charge in [-0.1, -0.05) is 112 Å². The lowest BCUT2D eigenvalue weighted by Gasteiger charge is -2.27. The van der Waals surface area contributed by atoms with Crippen LogP contribution in [0.2, 0.25) is 0 Å². The quantitative estimate of drug-likeness (QED) is 0.128. The van der Waals surface area contributed by atoms with Gasteiger partial charge in [0.05, 0.1) is 23.0 Å². The van der Waals surface area contributed by atoms with E-state index >= 15 is 0 Å². The molecular formula is C40H44N2O3. The molecule has 4 atom stereocenters. The van der Waals surface area contributed by atoms with Gasteiger partial charge in [0.2, 0.25) is 0 Å². The van der Waals surface area contributed by atoms with E-state index in [0.29, 0.717) is 13.2 Å². The summed E-state index contributed by atoms with van der Waals surface area (Å²) < 4.78 is 19.1. The standard InChI is InChI=1S/C40H44N2O3/c1-5-25-39(3,27-41)29-43-35-21-17-33(18-22-35)37(31-13-9-7-10-14-31)45-38(32-15-11-8-12-16-32)34-19-23-36(24-20-34)44-30-40(4,28-42)26-6-2/h7-24,37-38H,5-6,25-26,29-30H2,1-4H3. The zero-order chi connectivity index (χ0) is 32.1. The lowest BCUT2D eigenvalue weighted by atomic mass is 9.88. The molecule has 4 unspecified atom stereocenters. The van der Waals surface area contributed by atoms with Crippen LogP contribution in [0.1, 0.15) is 87.8 Å². The Balaban J connectivity index is 1.60. The van der Waals surface area contributed by atoms with E-state index in [9.17, 15) is 10.5 Å². The molecule has 4 aromatic carbocycles. The highest BCUT2D eigenvalue weighted by molar-refractivity contribution is 5.38. The van der Waals surface area contributed by atoms with Crippen LogP contribution in [0.3, 0.4) is 0 Å². The van der Waals surface area contributed by atoms with Crippen molar-refractivity contribution in [3.63, 3.8) is 0 Å². The summed E-state index contributed by atoms with van der Waals surface area (Å²) in [6, 6.07) is 41.2. The smallest absolute Gasteiger partial charge is 0.119 e. The van der Waals surface area contributed by atoms with Crippen molar-refractivity contribution in [1.82, 2.24) is 0 Å². The minimum absolute atomic E-state index is 0.347. The highest BCUT2D eigenvalue weighted by atomic mass is 16.5. The SMILES string of the molecule is CCCC(C)(C#N)COc1ccc(C(OC(c2ccccc2)c2ccc(OCC(C)(C#N)CCC)cc2)c2ccccc2)cc1. The Labute approximate surface area is 269 Å². The fourth-order valence-electron chi connectivity index (χ4n) is 5.48.